The number of benzene rings is 2. The van der Waals surface area contributed by atoms with Crippen molar-refractivity contribution in [2.75, 3.05) is 11.9 Å². The van der Waals surface area contributed by atoms with Crippen molar-refractivity contribution >= 4 is 57.2 Å². The number of hydrogen-bond donors (Lipinski definition) is 3. The maximum atomic E-state index is 12.4. The van der Waals surface area contributed by atoms with Crippen LogP contribution in [0.25, 0.3) is 0 Å². The lowest BCUT2D eigenvalue weighted by atomic mass is 10.1. The second kappa shape index (κ2) is 11.6. The van der Waals surface area contributed by atoms with Gasteiger partial charge >= 0.3 is 11.8 Å². The fourth-order valence-electron chi connectivity index (χ4n) is 2.72. The average Bonchev–Trinajstić information content (AvgIpc) is 2.69. The van der Waals surface area contributed by atoms with Gasteiger partial charge in [0.2, 0.25) is 0 Å². The van der Waals surface area contributed by atoms with E-state index in [1.165, 1.54) is 6.21 Å². The predicted molar refractivity (Wildman–Crippen MR) is 128 cm³/mol. The summed E-state index contributed by atoms with van der Waals surface area (Å²) < 4.78 is 6.56. The zero-order chi connectivity index (χ0) is 23.8. The van der Waals surface area contributed by atoms with E-state index in [1.54, 1.807) is 32.0 Å². The first-order chi connectivity index (χ1) is 15.1. The van der Waals surface area contributed by atoms with E-state index in [0.717, 1.165) is 21.3 Å². The zero-order valence-corrected chi connectivity index (χ0v) is 20.4. The molecule has 3 amide bonds. The van der Waals surface area contributed by atoms with Gasteiger partial charge in [-0.2, -0.15) is 5.10 Å². The van der Waals surface area contributed by atoms with E-state index in [1.807, 2.05) is 26.0 Å². The highest BCUT2D eigenvalue weighted by atomic mass is 79.9. The summed E-state index contributed by atoms with van der Waals surface area (Å²) in [5.74, 6) is -1.71. The lowest BCUT2D eigenvalue weighted by Crippen LogP contribution is -2.41. The third kappa shape index (κ3) is 7.65. The van der Waals surface area contributed by atoms with E-state index in [9.17, 15) is 14.4 Å². The number of carbonyl (C=O) groups excluding carboxylic acids is 3. The predicted octanol–water partition coefficient (Wildman–Crippen LogP) is 3.71. The monoisotopic (exact) mass is 522 g/mol. The minimum absolute atomic E-state index is 0.179. The first-order valence-corrected chi connectivity index (χ1v) is 10.9. The molecule has 0 radical (unpaired) electrons. The quantitative estimate of drug-likeness (QED) is 0.292. The van der Waals surface area contributed by atoms with Crippen molar-refractivity contribution in [2.24, 2.45) is 5.10 Å². The maximum absolute atomic E-state index is 12.4. The second-order valence-electron chi connectivity index (χ2n) is 7.26. The Morgan fingerprint density at radius 2 is 1.78 bits per heavy atom. The zero-order valence-electron chi connectivity index (χ0n) is 18.1. The smallest absolute Gasteiger partial charge is 0.329 e. The van der Waals surface area contributed by atoms with Gasteiger partial charge in [0, 0.05) is 26.8 Å². The summed E-state index contributed by atoms with van der Waals surface area (Å²) in [6.07, 6.45) is 1.28. The molecule has 0 heterocycles. The van der Waals surface area contributed by atoms with Gasteiger partial charge in [0.25, 0.3) is 5.91 Å². The van der Waals surface area contributed by atoms with Crippen LogP contribution in [0.5, 0.6) is 5.75 Å². The second-order valence-corrected chi connectivity index (χ2v) is 8.61. The Labute approximate surface area is 199 Å². The lowest BCUT2D eigenvalue weighted by Gasteiger charge is -2.13. The van der Waals surface area contributed by atoms with Crippen LogP contribution in [-0.4, -0.2) is 36.6 Å². The van der Waals surface area contributed by atoms with Crippen LogP contribution >= 0.6 is 27.5 Å². The fourth-order valence-corrected chi connectivity index (χ4v) is 3.58. The van der Waals surface area contributed by atoms with Crippen LogP contribution in [0.1, 0.15) is 30.5 Å². The summed E-state index contributed by atoms with van der Waals surface area (Å²) in [5.41, 5.74) is 5.12. The van der Waals surface area contributed by atoms with Crippen LogP contribution in [0.15, 0.2) is 39.9 Å². The molecule has 0 spiro atoms. The van der Waals surface area contributed by atoms with E-state index in [-0.39, 0.29) is 18.6 Å². The molecule has 0 saturated heterocycles. The Balaban J connectivity index is 2.03. The number of nitrogens with zero attached hydrogens (tertiary/aromatic N) is 1. The van der Waals surface area contributed by atoms with Gasteiger partial charge in [0.1, 0.15) is 5.75 Å². The molecule has 0 bridgehead atoms. The minimum atomic E-state index is -0.904. The van der Waals surface area contributed by atoms with E-state index in [0.29, 0.717) is 16.3 Å². The van der Waals surface area contributed by atoms with Crippen molar-refractivity contribution in [1.29, 1.82) is 0 Å². The molecule has 0 saturated carbocycles. The average molecular weight is 524 g/mol. The summed E-state index contributed by atoms with van der Waals surface area (Å²) in [7, 11) is 0. The Bertz CT molecular complexity index is 1030. The Morgan fingerprint density at radius 3 is 2.41 bits per heavy atom. The highest BCUT2D eigenvalue weighted by Gasteiger charge is 2.14. The molecule has 0 fully saturated rings. The van der Waals surface area contributed by atoms with Crippen molar-refractivity contribution in [3.8, 4) is 5.75 Å². The number of anilines is 1. The summed E-state index contributed by atoms with van der Waals surface area (Å²) in [6, 6.07) is 8.38. The highest BCUT2D eigenvalue weighted by molar-refractivity contribution is 9.10. The topological polar surface area (TPSA) is 109 Å². The van der Waals surface area contributed by atoms with Crippen LogP contribution in [0.3, 0.4) is 0 Å². The third-order valence-corrected chi connectivity index (χ3v) is 4.78. The Hall–Kier alpha value is -2.91. The third-order valence-electron chi connectivity index (χ3n) is 4.09. The summed E-state index contributed by atoms with van der Waals surface area (Å²) in [6.45, 7) is 7.02. The highest BCUT2D eigenvalue weighted by Crippen LogP contribution is 2.25. The summed E-state index contributed by atoms with van der Waals surface area (Å²) >= 11 is 9.46. The SMILES string of the molecule is Cc1cc(Br)cc(C)c1NC(=O)COc1ccc(Cl)cc1/C=N\NC(=O)C(=O)NC(C)C. The molecule has 0 atom stereocenters. The maximum Gasteiger partial charge on any atom is 0.329 e. The van der Waals surface area contributed by atoms with Crippen molar-refractivity contribution in [3.05, 3.63) is 56.5 Å². The standard InChI is InChI=1S/C22H24BrClN4O4/c1-12(2)26-21(30)22(31)28-25-10-15-9-17(24)5-6-18(15)32-11-19(29)27-20-13(3)7-16(23)8-14(20)4/h5-10,12H,11H2,1-4H3,(H,26,30)(H,27,29)(H,28,31)/b25-10-. The number of amides is 3. The van der Waals surface area contributed by atoms with Gasteiger partial charge in [-0.25, -0.2) is 5.43 Å². The molecule has 0 aliphatic rings. The van der Waals surface area contributed by atoms with Gasteiger partial charge in [0.15, 0.2) is 6.61 Å². The van der Waals surface area contributed by atoms with Crippen molar-refractivity contribution < 1.29 is 19.1 Å². The molecule has 0 aliphatic heterocycles. The number of aryl methyl sites for hydroxylation is 2. The van der Waals surface area contributed by atoms with Gasteiger partial charge in [-0.05, 0) is 69.2 Å². The summed E-state index contributed by atoms with van der Waals surface area (Å²) in [4.78, 5) is 35.8. The Kier molecular flexibility index (Phi) is 9.22. The summed E-state index contributed by atoms with van der Waals surface area (Å²) in [5, 5.41) is 9.48. The molecular formula is C22H24BrClN4O4. The molecule has 3 N–H and O–H groups in total. The van der Waals surface area contributed by atoms with E-state index in [2.05, 4.69) is 37.1 Å². The molecule has 0 unspecified atom stereocenters. The van der Waals surface area contributed by atoms with E-state index in [4.69, 9.17) is 16.3 Å². The van der Waals surface area contributed by atoms with Crippen LogP contribution < -0.4 is 20.8 Å². The van der Waals surface area contributed by atoms with Crippen molar-refractivity contribution in [2.45, 2.75) is 33.7 Å². The molecule has 0 aromatic heterocycles. The Morgan fingerprint density at radius 1 is 1.12 bits per heavy atom. The van der Waals surface area contributed by atoms with Gasteiger partial charge in [-0.15, -0.1) is 0 Å². The number of hydrazone groups is 1. The molecule has 170 valence electrons. The molecule has 2 rings (SSSR count). The van der Waals surface area contributed by atoms with Crippen LogP contribution in [0, 0.1) is 13.8 Å². The molecule has 2 aromatic rings. The number of ether oxygens (including phenoxy) is 1. The van der Waals surface area contributed by atoms with Crippen molar-refractivity contribution in [1.82, 2.24) is 10.7 Å². The minimum Gasteiger partial charge on any atom is -0.483 e. The number of hydrogen-bond acceptors (Lipinski definition) is 5. The van der Waals surface area contributed by atoms with Crippen molar-refractivity contribution in [3.63, 3.8) is 0 Å². The molecule has 10 heteroatoms. The van der Waals surface area contributed by atoms with Crippen LogP contribution in [0.4, 0.5) is 5.69 Å². The van der Waals surface area contributed by atoms with Gasteiger partial charge in [0.05, 0.1) is 6.21 Å². The van der Waals surface area contributed by atoms with Gasteiger partial charge in [-0.3, -0.25) is 14.4 Å². The molecular weight excluding hydrogens is 500 g/mol. The first kappa shape index (κ1) is 25.4. The first-order valence-electron chi connectivity index (χ1n) is 9.69. The fraction of sp³-hybridized carbons (Fsp3) is 0.273. The molecule has 32 heavy (non-hydrogen) atoms. The number of carbonyl (C=O) groups is 3. The lowest BCUT2D eigenvalue weighted by molar-refractivity contribution is -0.139. The van der Waals surface area contributed by atoms with E-state index >= 15 is 0 Å². The molecule has 0 aliphatic carbocycles. The number of nitrogens with one attached hydrogen (secondary N) is 3. The molecule has 8 nitrogen and oxygen atoms in total. The van der Waals surface area contributed by atoms with Gasteiger partial charge in [-0.1, -0.05) is 27.5 Å². The van der Waals surface area contributed by atoms with E-state index < -0.39 is 11.8 Å². The number of halogens is 2. The molecule has 2 aromatic carbocycles. The van der Waals surface area contributed by atoms with Crippen LogP contribution in [0.2, 0.25) is 5.02 Å². The largest absolute Gasteiger partial charge is 0.483 e. The van der Waals surface area contributed by atoms with Gasteiger partial charge < -0.3 is 15.4 Å². The number of rotatable bonds is 7. The normalized spacial score (nSPS) is 10.8. The van der Waals surface area contributed by atoms with Crippen LogP contribution in [-0.2, 0) is 14.4 Å².